The molecule has 0 fully saturated rings. The van der Waals surface area contributed by atoms with Crippen LogP contribution in [0.3, 0.4) is 0 Å². The number of fused-ring (bicyclic) bond motifs is 4. The summed E-state index contributed by atoms with van der Waals surface area (Å²) in [6, 6.07) is 20.8. The molecule has 0 bridgehead atoms. The van der Waals surface area contributed by atoms with Crippen molar-refractivity contribution in [2.45, 2.75) is 32.7 Å². The van der Waals surface area contributed by atoms with Crippen LogP contribution in [0.4, 0.5) is 5.69 Å². The Bertz CT molecular complexity index is 1360. The van der Waals surface area contributed by atoms with Gasteiger partial charge in [-0.25, -0.2) is 0 Å². The highest BCUT2D eigenvalue weighted by atomic mass is 32.9. The minimum atomic E-state index is -0.448. The Kier molecular flexibility index (Phi) is 4.65. The van der Waals surface area contributed by atoms with Crippen molar-refractivity contribution >= 4 is 55.3 Å². The summed E-state index contributed by atoms with van der Waals surface area (Å²) in [4.78, 5) is 17.0. The van der Waals surface area contributed by atoms with Crippen LogP contribution in [-0.4, -0.2) is 5.91 Å². The molecule has 2 nitrogen and oxygen atoms in total. The third kappa shape index (κ3) is 2.96. The molecule has 0 atom stereocenters. The number of aryl methyl sites for hydroxylation is 1. The van der Waals surface area contributed by atoms with Gasteiger partial charge >= 0.3 is 0 Å². The van der Waals surface area contributed by atoms with E-state index in [4.69, 9.17) is 12.2 Å². The molecule has 0 unspecified atom stereocenters. The molecule has 5 rings (SSSR count). The fourth-order valence-electron chi connectivity index (χ4n) is 4.47. The van der Waals surface area contributed by atoms with Crippen molar-refractivity contribution in [3.63, 3.8) is 0 Å². The van der Waals surface area contributed by atoms with Crippen LogP contribution in [0.2, 0.25) is 0 Å². The maximum absolute atomic E-state index is 13.8. The molecule has 1 amide bonds. The molecule has 30 heavy (non-hydrogen) atoms. The third-order valence-corrected chi connectivity index (χ3v) is 9.21. The number of carbonyl (C=O) groups is 1. The zero-order valence-corrected chi connectivity index (χ0v) is 19.5. The number of carbonyl (C=O) groups excluding carboxylic acids is 1. The first-order valence-corrected chi connectivity index (χ1v) is 12.5. The van der Waals surface area contributed by atoms with E-state index in [2.05, 4.69) is 63.2 Å². The van der Waals surface area contributed by atoms with E-state index < -0.39 is 5.54 Å². The fourth-order valence-corrected chi connectivity index (χ4v) is 7.75. The first-order valence-electron chi connectivity index (χ1n) is 9.92. The predicted octanol–water partition coefficient (Wildman–Crippen LogP) is 7.49. The number of amides is 1. The summed E-state index contributed by atoms with van der Waals surface area (Å²) >= 11 is 5.67. The largest absolute Gasteiger partial charge is 0.301 e. The number of hydrogen-bond donors (Lipinski definition) is 0. The normalized spacial score (nSPS) is 14.4. The molecule has 0 saturated carbocycles. The number of benzene rings is 3. The number of rotatable bonds is 2. The monoisotopic (exact) mass is 447 g/mol. The number of hydrogen-bond acceptors (Lipinski definition) is 4. The summed E-state index contributed by atoms with van der Waals surface area (Å²) in [5.41, 5.74) is 4.93. The molecule has 2 heterocycles. The quantitative estimate of drug-likeness (QED) is 0.234. The molecule has 1 aromatic heterocycles. The Balaban J connectivity index is 1.65. The first kappa shape index (κ1) is 19.6. The standard InChI is InChI=1S/C25H21NOS3/c1-15-11-12-19-20(13-15)26(25(2,3)23-22(19)24(28)30-29-23)21(27)14-17-9-6-8-16-7-4-5-10-18(16)17/h4-13H,14H2,1-3H3. The molecular formula is C25H21NOS3. The molecule has 3 aromatic carbocycles. The highest BCUT2D eigenvalue weighted by Crippen LogP contribution is 2.52. The van der Waals surface area contributed by atoms with Crippen LogP contribution in [0, 0.1) is 10.7 Å². The second-order valence-electron chi connectivity index (χ2n) is 8.28. The van der Waals surface area contributed by atoms with Gasteiger partial charge in [-0.1, -0.05) is 87.5 Å². The summed E-state index contributed by atoms with van der Waals surface area (Å²) in [5.74, 6) is 0.109. The van der Waals surface area contributed by atoms with Crippen molar-refractivity contribution in [2.24, 2.45) is 0 Å². The maximum Gasteiger partial charge on any atom is 0.232 e. The zero-order chi connectivity index (χ0) is 21.0. The average Bonchev–Trinajstić information content (AvgIpc) is 3.11. The molecule has 0 saturated heterocycles. The molecule has 0 radical (unpaired) electrons. The van der Waals surface area contributed by atoms with Crippen molar-refractivity contribution < 1.29 is 4.79 Å². The third-order valence-electron chi connectivity index (χ3n) is 5.88. The van der Waals surface area contributed by atoms with Gasteiger partial charge < -0.3 is 4.90 Å². The van der Waals surface area contributed by atoms with Gasteiger partial charge in [0.25, 0.3) is 0 Å². The lowest BCUT2D eigenvalue weighted by Gasteiger charge is -2.43. The van der Waals surface area contributed by atoms with Crippen molar-refractivity contribution in [3.8, 4) is 11.1 Å². The van der Waals surface area contributed by atoms with Crippen LogP contribution in [-0.2, 0) is 16.8 Å². The van der Waals surface area contributed by atoms with Gasteiger partial charge in [0, 0.05) is 11.1 Å². The summed E-state index contributed by atoms with van der Waals surface area (Å²) in [5, 5.41) is 2.30. The van der Waals surface area contributed by atoms with Gasteiger partial charge in [0.15, 0.2) is 0 Å². The van der Waals surface area contributed by atoms with Crippen LogP contribution in [0.1, 0.15) is 29.9 Å². The van der Waals surface area contributed by atoms with E-state index in [1.165, 1.54) is 4.88 Å². The Labute approximate surface area is 188 Å². The van der Waals surface area contributed by atoms with Crippen molar-refractivity contribution in [2.75, 3.05) is 4.90 Å². The van der Waals surface area contributed by atoms with Crippen LogP contribution in [0.5, 0.6) is 0 Å². The van der Waals surface area contributed by atoms with E-state index in [0.717, 1.165) is 42.5 Å². The molecule has 150 valence electrons. The summed E-state index contributed by atoms with van der Waals surface area (Å²) in [7, 11) is 3.33. The summed E-state index contributed by atoms with van der Waals surface area (Å²) in [6.07, 6.45) is 0.364. The fraction of sp³-hybridized carbons (Fsp3) is 0.200. The van der Waals surface area contributed by atoms with Gasteiger partial charge in [-0.3, -0.25) is 4.79 Å². The lowest BCUT2D eigenvalue weighted by atomic mass is 9.86. The van der Waals surface area contributed by atoms with Crippen molar-refractivity contribution in [1.82, 2.24) is 0 Å². The summed E-state index contributed by atoms with van der Waals surface area (Å²) in [6.45, 7) is 6.34. The highest BCUT2D eigenvalue weighted by molar-refractivity contribution is 7.80. The van der Waals surface area contributed by atoms with E-state index in [1.807, 2.05) is 23.1 Å². The van der Waals surface area contributed by atoms with Crippen LogP contribution >= 0.6 is 32.9 Å². The van der Waals surface area contributed by atoms with Crippen LogP contribution in [0.25, 0.3) is 21.9 Å². The SMILES string of the molecule is Cc1ccc2c(c1)N(C(=O)Cc1cccc3ccccc13)C(C)(C)c1ssc(=S)c1-2. The smallest absolute Gasteiger partial charge is 0.232 e. The molecular weight excluding hydrogens is 426 g/mol. The number of anilines is 1. The molecule has 0 aliphatic carbocycles. The lowest BCUT2D eigenvalue weighted by Crippen LogP contribution is -2.48. The Morgan fingerprint density at radius 3 is 2.63 bits per heavy atom. The number of nitrogens with zero attached hydrogens (tertiary/aromatic N) is 1. The molecule has 0 N–H and O–H groups in total. The van der Waals surface area contributed by atoms with Gasteiger partial charge in [0.05, 0.1) is 22.5 Å². The molecule has 5 heteroatoms. The van der Waals surface area contributed by atoms with E-state index in [-0.39, 0.29) is 5.91 Å². The zero-order valence-electron chi connectivity index (χ0n) is 17.1. The van der Waals surface area contributed by atoms with E-state index in [9.17, 15) is 4.79 Å². The van der Waals surface area contributed by atoms with E-state index in [1.54, 1.807) is 20.7 Å². The Hall–Kier alpha value is -2.34. The second-order valence-corrected chi connectivity index (χ2v) is 11.1. The van der Waals surface area contributed by atoms with Gasteiger partial charge in [-0.15, -0.1) is 0 Å². The molecule has 0 spiro atoms. The average molecular weight is 448 g/mol. The molecule has 1 aliphatic heterocycles. The summed E-state index contributed by atoms with van der Waals surface area (Å²) < 4.78 is 0.911. The minimum absolute atomic E-state index is 0.109. The minimum Gasteiger partial charge on any atom is -0.301 e. The Morgan fingerprint density at radius 2 is 1.80 bits per heavy atom. The maximum atomic E-state index is 13.8. The Morgan fingerprint density at radius 1 is 1.03 bits per heavy atom. The van der Waals surface area contributed by atoms with Crippen LogP contribution < -0.4 is 4.90 Å². The second kappa shape index (κ2) is 7.12. The topological polar surface area (TPSA) is 20.3 Å². The highest BCUT2D eigenvalue weighted by Gasteiger charge is 2.42. The van der Waals surface area contributed by atoms with Crippen molar-refractivity contribution in [3.05, 3.63) is 80.5 Å². The molecule has 1 aliphatic rings. The van der Waals surface area contributed by atoms with Crippen LogP contribution in [0.15, 0.2) is 60.7 Å². The first-order chi connectivity index (χ1) is 14.4. The van der Waals surface area contributed by atoms with E-state index >= 15 is 0 Å². The predicted molar refractivity (Wildman–Crippen MR) is 131 cm³/mol. The lowest BCUT2D eigenvalue weighted by molar-refractivity contribution is -0.119. The molecule has 4 aromatic rings. The van der Waals surface area contributed by atoms with Crippen molar-refractivity contribution in [1.29, 1.82) is 0 Å². The van der Waals surface area contributed by atoms with Gasteiger partial charge in [-0.05, 0) is 48.7 Å². The van der Waals surface area contributed by atoms with Gasteiger partial charge in [0.2, 0.25) is 5.91 Å². The van der Waals surface area contributed by atoms with E-state index in [0.29, 0.717) is 6.42 Å². The van der Waals surface area contributed by atoms with Gasteiger partial charge in [0.1, 0.15) is 3.82 Å². The van der Waals surface area contributed by atoms with Gasteiger partial charge in [-0.2, -0.15) is 0 Å².